The number of carbonyl (C=O) groups is 2. The molecule has 0 spiro atoms. The number of benzene rings is 2. The van der Waals surface area contributed by atoms with Crippen molar-refractivity contribution in [1.82, 2.24) is 5.32 Å². The van der Waals surface area contributed by atoms with Crippen LogP contribution >= 0.6 is 0 Å². The van der Waals surface area contributed by atoms with Crippen molar-refractivity contribution in [2.75, 3.05) is 12.4 Å². The number of primary amides is 1. The van der Waals surface area contributed by atoms with Crippen LogP contribution in [0.15, 0.2) is 42.5 Å². The van der Waals surface area contributed by atoms with Gasteiger partial charge in [0.1, 0.15) is 11.6 Å². The molecule has 0 bridgehead atoms. The maximum absolute atomic E-state index is 13.5. The lowest BCUT2D eigenvalue weighted by molar-refractivity contribution is 0.1000. The first-order valence-electron chi connectivity index (χ1n) is 6.77. The van der Waals surface area contributed by atoms with Gasteiger partial charge in [-0.15, -0.1) is 0 Å². The number of ether oxygens (including phenoxy) is 1. The highest BCUT2D eigenvalue weighted by molar-refractivity contribution is 5.97. The molecule has 2 aromatic rings. The van der Waals surface area contributed by atoms with Gasteiger partial charge in [-0.25, -0.2) is 9.18 Å². The third-order valence-electron chi connectivity index (χ3n) is 3.13. The fourth-order valence-electron chi connectivity index (χ4n) is 1.94. The van der Waals surface area contributed by atoms with Crippen LogP contribution in [-0.4, -0.2) is 19.0 Å². The zero-order valence-electron chi connectivity index (χ0n) is 12.4. The number of halogens is 1. The number of amides is 3. The van der Waals surface area contributed by atoms with Crippen LogP contribution in [0.1, 0.15) is 15.9 Å². The summed E-state index contributed by atoms with van der Waals surface area (Å²) >= 11 is 0. The normalized spacial score (nSPS) is 10.0. The highest BCUT2D eigenvalue weighted by Crippen LogP contribution is 2.25. The molecular weight excluding hydrogens is 301 g/mol. The predicted molar refractivity (Wildman–Crippen MR) is 83.8 cm³/mol. The van der Waals surface area contributed by atoms with Gasteiger partial charge in [-0.05, 0) is 24.3 Å². The molecule has 0 aliphatic carbocycles. The number of nitrogens with one attached hydrogen (secondary N) is 2. The Kier molecular flexibility index (Phi) is 5.14. The lowest BCUT2D eigenvalue weighted by Crippen LogP contribution is -2.28. The van der Waals surface area contributed by atoms with Gasteiger partial charge in [0, 0.05) is 17.7 Å². The summed E-state index contributed by atoms with van der Waals surface area (Å²) in [7, 11) is 1.43. The molecule has 0 aromatic heterocycles. The lowest BCUT2D eigenvalue weighted by Gasteiger charge is -2.12. The summed E-state index contributed by atoms with van der Waals surface area (Å²) in [5, 5.41) is 5.07. The van der Waals surface area contributed by atoms with Gasteiger partial charge in [-0.1, -0.05) is 18.2 Å². The number of nitrogens with two attached hydrogens (primary N) is 1. The Balaban J connectivity index is 2.06. The summed E-state index contributed by atoms with van der Waals surface area (Å²) in [5.41, 5.74) is 6.09. The van der Waals surface area contributed by atoms with Gasteiger partial charge < -0.3 is 21.1 Å². The summed E-state index contributed by atoms with van der Waals surface area (Å²) in [4.78, 5) is 23.1. The van der Waals surface area contributed by atoms with E-state index in [1.165, 1.54) is 31.4 Å². The molecule has 0 aliphatic rings. The highest BCUT2D eigenvalue weighted by atomic mass is 19.1. The summed E-state index contributed by atoms with van der Waals surface area (Å²) < 4.78 is 18.6. The van der Waals surface area contributed by atoms with Gasteiger partial charge in [0.2, 0.25) is 5.91 Å². The number of urea groups is 1. The molecule has 0 saturated heterocycles. The first-order chi connectivity index (χ1) is 11.0. The van der Waals surface area contributed by atoms with Gasteiger partial charge >= 0.3 is 6.03 Å². The van der Waals surface area contributed by atoms with E-state index in [-0.39, 0.29) is 17.8 Å². The van der Waals surface area contributed by atoms with Gasteiger partial charge in [-0.3, -0.25) is 4.79 Å². The molecule has 120 valence electrons. The number of hydrogen-bond donors (Lipinski definition) is 3. The molecule has 0 aliphatic heterocycles. The van der Waals surface area contributed by atoms with E-state index < -0.39 is 17.8 Å². The minimum atomic E-state index is -0.623. The Labute approximate surface area is 132 Å². The first kappa shape index (κ1) is 16.3. The van der Waals surface area contributed by atoms with Crippen LogP contribution in [0.25, 0.3) is 0 Å². The van der Waals surface area contributed by atoms with Crippen molar-refractivity contribution in [2.24, 2.45) is 5.73 Å². The molecule has 23 heavy (non-hydrogen) atoms. The molecule has 4 N–H and O–H groups in total. The Bertz CT molecular complexity index is 734. The largest absolute Gasteiger partial charge is 0.495 e. The van der Waals surface area contributed by atoms with Crippen molar-refractivity contribution >= 4 is 17.6 Å². The molecule has 0 fully saturated rings. The Morgan fingerprint density at radius 3 is 2.61 bits per heavy atom. The second-order valence-electron chi connectivity index (χ2n) is 4.68. The van der Waals surface area contributed by atoms with Gasteiger partial charge in [0.05, 0.1) is 12.8 Å². The topological polar surface area (TPSA) is 93.4 Å². The minimum absolute atomic E-state index is 0.0241. The van der Waals surface area contributed by atoms with Crippen LogP contribution in [0, 0.1) is 5.82 Å². The third kappa shape index (κ3) is 4.19. The van der Waals surface area contributed by atoms with Crippen molar-refractivity contribution in [2.45, 2.75) is 6.54 Å². The van der Waals surface area contributed by atoms with E-state index in [9.17, 15) is 14.0 Å². The molecule has 0 radical (unpaired) electrons. The van der Waals surface area contributed by atoms with Crippen molar-refractivity contribution in [3.05, 3.63) is 59.4 Å². The Hall–Kier alpha value is -3.09. The number of carbonyl (C=O) groups excluding carboxylic acids is 2. The van der Waals surface area contributed by atoms with E-state index >= 15 is 0 Å². The Morgan fingerprint density at radius 2 is 1.96 bits per heavy atom. The predicted octanol–water partition coefficient (Wildman–Crippen LogP) is 2.25. The van der Waals surface area contributed by atoms with Gasteiger partial charge in [0.15, 0.2) is 0 Å². The number of rotatable bonds is 5. The van der Waals surface area contributed by atoms with Crippen LogP contribution in [0.3, 0.4) is 0 Å². The number of anilines is 1. The molecule has 0 heterocycles. The van der Waals surface area contributed by atoms with E-state index in [1.54, 1.807) is 18.2 Å². The zero-order chi connectivity index (χ0) is 16.8. The van der Waals surface area contributed by atoms with E-state index in [0.29, 0.717) is 11.3 Å². The average molecular weight is 317 g/mol. The summed E-state index contributed by atoms with van der Waals surface area (Å²) in [6.07, 6.45) is 0. The number of hydrogen-bond acceptors (Lipinski definition) is 3. The van der Waals surface area contributed by atoms with E-state index in [0.717, 1.165) is 0 Å². The maximum Gasteiger partial charge on any atom is 0.319 e. The van der Waals surface area contributed by atoms with Crippen LogP contribution in [0.4, 0.5) is 14.9 Å². The second-order valence-corrected chi connectivity index (χ2v) is 4.68. The molecule has 2 aromatic carbocycles. The van der Waals surface area contributed by atoms with Gasteiger partial charge in [0.25, 0.3) is 0 Å². The fourth-order valence-corrected chi connectivity index (χ4v) is 1.94. The molecule has 0 atom stereocenters. The lowest BCUT2D eigenvalue weighted by atomic mass is 10.2. The first-order valence-corrected chi connectivity index (χ1v) is 6.77. The monoisotopic (exact) mass is 317 g/mol. The van der Waals surface area contributed by atoms with Gasteiger partial charge in [-0.2, -0.15) is 0 Å². The summed E-state index contributed by atoms with van der Waals surface area (Å²) in [5.74, 6) is -0.653. The number of methoxy groups -OCH3 is 1. The van der Waals surface area contributed by atoms with E-state index in [4.69, 9.17) is 10.5 Å². The third-order valence-corrected chi connectivity index (χ3v) is 3.13. The fraction of sp³-hybridized carbons (Fsp3) is 0.125. The zero-order valence-corrected chi connectivity index (χ0v) is 12.4. The minimum Gasteiger partial charge on any atom is -0.495 e. The van der Waals surface area contributed by atoms with E-state index in [2.05, 4.69) is 10.6 Å². The van der Waals surface area contributed by atoms with Crippen molar-refractivity contribution in [3.8, 4) is 5.75 Å². The van der Waals surface area contributed by atoms with Crippen LogP contribution in [0.5, 0.6) is 5.75 Å². The van der Waals surface area contributed by atoms with E-state index in [1.807, 2.05) is 0 Å². The van der Waals surface area contributed by atoms with Crippen molar-refractivity contribution < 1.29 is 18.7 Å². The van der Waals surface area contributed by atoms with Crippen LogP contribution < -0.4 is 21.1 Å². The highest BCUT2D eigenvalue weighted by Gasteiger charge is 2.11. The summed E-state index contributed by atoms with van der Waals surface area (Å²) in [6.45, 7) is 0.0241. The average Bonchev–Trinajstić information content (AvgIpc) is 2.54. The molecule has 0 unspecified atom stereocenters. The summed E-state index contributed by atoms with van der Waals surface area (Å²) in [6, 6.07) is 9.99. The van der Waals surface area contributed by atoms with Crippen LogP contribution in [0.2, 0.25) is 0 Å². The molecular formula is C16H16FN3O3. The molecule has 0 saturated carbocycles. The Morgan fingerprint density at radius 1 is 1.22 bits per heavy atom. The van der Waals surface area contributed by atoms with Crippen LogP contribution in [-0.2, 0) is 6.54 Å². The molecule has 2 rings (SSSR count). The quantitative estimate of drug-likeness (QED) is 0.789. The molecule has 3 amide bonds. The molecule has 6 nitrogen and oxygen atoms in total. The smallest absolute Gasteiger partial charge is 0.319 e. The second kappa shape index (κ2) is 7.26. The van der Waals surface area contributed by atoms with Crippen molar-refractivity contribution in [1.29, 1.82) is 0 Å². The SMILES string of the molecule is COc1ccc(C(N)=O)cc1NC(=O)NCc1ccccc1F. The molecule has 7 heteroatoms. The van der Waals surface area contributed by atoms with Crippen molar-refractivity contribution in [3.63, 3.8) is 0 Å². The standard InChI is InChI=1S/C16H16FN3O3/c1-23-14-7-6-10(15(18)21)8-13(14)20-16(22)19-9-11-4-2-3-5-12(11)17/h2-8H,9H2,1H3,(H2,18,21)(H2,19,20,22). The maximum atomic E-state index is 13.5.